The van der Waals surface area contributed by atoms with Crippen LogP contribution in [-0.2, 0) is 16.1 Å². The zero-order chi connectivity index (χ0) is 16.6. The SMILES string of the molecule is COc1ccc2ccc(N(C3CCN(C)C3=O)S(=O)O)cc2c1. The summed E-state index contributed by atoms with van der Waals surface area (Å²) in [7, 11) is 3.29. The molecule has 2 aromatic rings. The minimum Gasteiger partial charge on any atom is -0.497 e. The molecular weight excluding hydrogens is 316 g/mol. The number of hydrogen-bond donors (Lipinski definition) is 1. The van der Waals surface area contributed by atoms with Gasteiger partial charge in [-0.15, -0.1) is 0 Å². The Morgan fingerprint density at radius 1 is 1.26 bits per heavy atom. The predicted molar refractivity (Wildman–Crippen MR) is 89.8 cm³/mol. The number of methoxy groups -OCH3 is 1. The van der Waals surface area contributed by atoms with Crippen molar-refractivity contribution in [2.75, 3.05) is 25.0 Å². The van der Waals surface area contributed by atoms with E-state index >= 15 is 0 Å². The lowest BCUT2D eigenvalue weighted by Crippen LogP contribution is -2.42. The molecule has 1 N–H and O–H groups in total. The van der Waals surface area contributed by atoms with Crippen LogP contribution in [0.2, 0.25) is 0 Å². The molecule has 7 heteroatoms. The first-order valence-corrected chi connectivity index (χ1v) is 8.30. The minimum atomic E-state index is -2.28. The number of ether oxygens (including phenoxy) is 1. The molecule has 122 valence electrons. The number of carbonyl (C=O) groups is 1. The van der Waals surface area contributed by atoms with E-state index in [1.807, 2.05) is 24.3 Å². The number of carbonyl (C=O) groups excluding carboxylic acids is 1. The van der Waals surface area contributed by atoms with E-state index in [1.54, 1.807) is 31.2 Å². The number of benzene rings is 2. The summed E-state index contributed by atoms with van der Waals surface area (Å²) in [6, 6.07) is 10.5. The van der Waals surface area contributed by atoms with Gasteiger partial charge in [0, 0.05) is 13.6 Å². The third-order valence-corrected chi connectivity index (χ3v) is 4.94. The first-order valence-electron chi connectivity index (χ1n) is 7.24. The monoisotopic (exact) mass is 334 g/mol. The number of nitrogens with zero attached hydrogens (tertiary/aromatic N) is 2. The topological polar surface area (TPSA) is 70.1 Å². The summed E-state index contributed by atoms with van der Waals surface area (Å²) in [6.45, 7) is 0.582. The van der Waals surface area contributed by atoms with Crippen molar-refractivity contribution < 1.29 is 18.3 Å². The van der Waals surface area contributed by atoms with Crippen molar-refractivity contribution in [2.45, 2.75) is 12.5 Å². The minimum absolute atomic E-state index is 0.141. The number of anilines is 1. The molecule has 0 bridgehead atoms. The molecular formula is C16H18N2O4S. The van der Waals surface area contributed by atoms with Crippen LogP contribution in [0.25, 0.3) is 10.8 Å². The molecule has 2 unspecified atom stereocenters. The molecule has 1 fully saturated rings. The number of hydrogen-bond acceptors (Lipinski definition) is 3. The van der Waals surface area contributed by atoms with E-state index in [0.29, 0.717) is 24.4 Å². The Bertz CT molecular complexity index is 780. The lowest BCUT2D eigenvalue weighted by Gasteiger charge is -2.25. The highest BCUT2D eigenvalue weighted by atomic mass is 32.2. The molecule has 6 nitrogen and oxygen atoms in total. The van der Waals surface area contributed by atoms with Crippen molar-refractivity contribution in [2.24, 2.45) is 0 Å². The van der Waals surface area contributed by atoms with E-state index in [1.165, 1.54) is 4.31 Å². The summed E-state index contributed by atoms with van der Waals surface area (Å²) in [5.74, 6) is 0.570. The highest BCUT2D eigenvalue weighted by molar-refractivity contribution is 7.80. The standard InChI is InChI=1S/C16H18N2O4S/c1-17-8-7-15(16(17)19)18(23(20)21)13-5-3-11-4-6-14(22-2)10-12(11)9-13/h3-6,9-10,15H,7-8H2,1-2H3,(H,20,21). The van der Waals surface area contributed by atoms with Crippen molar-refractivity contribution in [3.05, 3.63) is 36.4 Å². The zero-order valence-corrected chi connectivity index (χ0v) is 13.7. The summed E-state index contributed by atoms with van der Waals surface area (Å²) in [4.78, 5) is 13.8. The van der Waals surface area contributed by atoms with Crippen LogP contribution in [0.1, 0.15) is 6.42 Å². The Balaban J connectivity index is 2.04. The Morgan fingerprint density at radius 2 is 2.00 bits per heavy atom. The molecule has 1 aliphatic heterocycles. The smallest absolute Gasteiger partial charge is 0.262 e. The number of fused-ring (bicyclic) bond motifs is 1. The van der Waals surface area contributed by atoms with Gasteiger partial charge in [0.05, 0.1) is 12.8 Å². The van der Waals surface area contributed by atoms with Crippen LogP contribution >= 0.6 is 0 Å². The van der Waals surface area contributed by atoms with Crippen molar-refractivity contribution in [3.63, 3.8) is 0 Å². The van der Waals surface area contributed by atoms with Gasteiger partial charge in [-0.05, 0) is 41.5 Å². The van der Waals surface area contributed by atoms with Crippen molar-refractivity contribution in [1.82, 2.24) is 4.90 Å². The van der Waals surface area contributed by atoms with Crippen LogP contribution in [-0.4, -0.2) is 46.3 Å². The molecule has 0 aliphatic carbocycles. The van der Waals surface area contributed by atoms with Gasteiger partial charge in [0.1, 0.15) is 11.8 Å². The van der Waals surface area contributed by atoms with Crippen molar-refractivity contribution >= 4 is 33.6 Å². The van der Waals surface area contributed by atoms with E-state index in [4.69, 9.17) is 4.74 Å². The average Bonchev–Trinajstić information content (AvgIpc) is 2.86. The summed E-state index contributed by atoms with van der Waals surface area (Å²) in [5, 5.41) is 1.88. The van der Waals surface area contributed by atoms with Crippen LogP contribution in [0.5, 0.6) is 5.75 Å². The van der Waals surface area contributed by atoms with Gasteiger partial charge in [-0.2, -0.15) is 0 Å². The molecule has 0 aromatic heterocycles. The second kappa shape index (κ2) is 6.17. The maximum atomic E-state index is 12.2. The molecule has 1 amide bonds. The fourth-order valence-corrected chi connectivity index (χ4v) is 3.58. The third kappa shape index (κ3) is 2.89. The van der Waals surface area contributed by atoms with E-state index in [-0.39, 0.29) is 5.91 Å². The Morgan fingerprint density at radius 3 is 2.61 bits per heavy atom. The van der Waals surface area contributed by atoms with Gasteiger partial charge in [-0.25, -0.2) is 4.21 Å². The van der Waals surface area contributed by atoms with Crippen LogP contribution in [0, 0.1) is 0 Å². The van der Waals surface area contributed by atoms with Gasteiger partial charge >= 0.3 is 0 Å². The summed E-state index contributed by atoms with van der Waals surface area (Å²) in [6.07, 6.45) is 0.526. The predicted octanol–water partition coefficient (Wildman–Crippen LogP) is 2.02. The van der Waals surface area contributed by atoms with E-state index in [2.05, 4.69) is 0 Å². The van der Waals surface area contributed by atoms with Gasteiger partial charge in [0.15, 0.2) is 0 Å². The van der Waals surface area contributed by atoms with Crippen LogP contribution in [0.15, 0.2) is 36.4 Å². The normalized spacial score (nSPS) is 19.2. The van der Waals surface area contributed by atoms with Gasteiger partial charge in [-0.1, -0.05) is 12.1 Å². The highest BCUT2D eigenvalue weighted by Crippen LogP contribution is 2.29. The average molecular weight is 334 g/mol. The molecule has 0 spiro atoms. The summed E-state index contributed by atoms with van der Waals surface area (Å²) >= 11 is -2.28. The second-order valence-corrected chi connectivity index (χ2v) is 6.37. The quantitative estimate of drug-likeness (QED) is 0.869. The molecule has 1 saturated heterocycles. The Hall–Kier alpha value is -2.12. The summed E-state index contributed by atoms with van der Waals surface area (Å²) < 4.78 is 28.0. The van der Waals surface area contributed by atoms with E-state index in [0.717, 1.165) is 10.8 Å². The molecule has 23 heavy (non-hydrogen) atoms. The number of rotatable bonds is 4. The molecule has 2 aromatic carbocycles. The first kappa shape index (κ1) is 15.8. The highest BCUT2D eigenvalue weighted by Gasteiger charge is 2.37. The lowest BCUT2D eigenvalue weighted by molar-refractivity contribution is -0.127. The lowest BCUT2D eigenvalue weighted by atomic mass is 10.1. The van der Waals surface area contributed by atoms with Gasteiger partial charge in [0.2, 0.25) is 5.91 Å². The fraction of sp³-hybridized carbons (Fsp3) is 0.312. The van der Waals surface area contributed by atoms with Crippen molar-refractivity contribution in [3.8, 4) is 5.75 Å². The van der Waals surface area contributed by atoms with Crippen LogP contribution in [0.3, 0.4) is 0 Å². The third-order valence-electron chi connectivity index (χ3n) is 4.14. The molecule has 0 radical (unpaired) electrons. The maximum absolute atomic E-state index is 12.2. The summed E-state index contributed by atoms with van der Waals surface area (Å²) in [5.41, 5.74) is 0.542. The zero-order valence-electron chi connectivity index (χ0n) is 12.9. The molecule has 2 atom stereocenters. The molecule has 0 saturated carbocycles. The van der Waals surface area contributed by atoms with Gasteiger partial charge in [-0.3, -0.25) is 13.7 Å². The van der Waals surface area contributed by atoms with Crippen molar-refractivity contribution in [1.29, 1.82) is 0 Å². The largest absolute Gasteiger partial charge is 0.497 e. The van der Waals surface area contributed by atoms with E-state index in [9.17, 15) is 13.6 Å². The van der Waals surface area contributed by atoms with Crippen LogP contribution in [0.4, 0.5) is 5.69 Å². The molecule has 3 rings (SSSR count). The molecule has 1 aliphatic rings. The first-order chi connectivity index (χ1) is 11.0. The number of likely N-dealkylation sites (N-methyl/N-ethyl adjacent to an activating group) is 1. The van der Waals surface area contributed by atoms with E-state index < -0.39 is 17.3 Å². The number of amides is 1. The maximum Gasteiger partial charge on any atom is 0.262 e. The van der Waals surface area contributed by atoms with Gasteiger partial charge in [0.25, 0.3) is 11.3 Å². The Labute approximate surface area is 137 Å². The van der Waals surface area contributed by atoms with Gasteiger partial charge < -0.3 is 9.64 Å². The Kier molecular flexibility index (Phi) is 4.23. The number of likely N-dealkylation sites (tertiary alicyclic amines) is 1. The fourth-order valence-electron chi connectivity index (χ4n) is 2.88. The molecule has 1 heterocycles. The van der Waals surface area contributed by atoms with Crippen LogP contribution < -0.4 is 9.04 Å². The second-order valence-electron chi connectivity index (χ2n) is 5.52.